The number of aldehydes is 1. The Morgan fingerprint density at radius 1 is 1.07 bits per heavy atom. The normalized spacial score (nSPS) is 35.6. The van der Waals surface area contributed by atoms with Gasteiger partial charge in [0.15, 0.2) is 12.1 Å². The number of aliphatic hydroxyl groups is 1. The molecule has 1 aromatic heterocycles. The lowest BCUT2D eigenvalue weighted by atomic mass is 9.51. The van der Waals surface area contributed by atoms with Gasteiger partial charge in [0, 0.05) is 40.8 Å². The maximum atomic E-state index is 14.6. The maximum Gasteiger partial charge on any atom is 0.347 e. The molecule has 0 radical (unpaired) electrons. The van der Waals surface area contributed by atoms with E-state index in [4.69, 9.17) is 18.6 Å². The minimum absolute atomic E-state index is 0.0109. The maximum absolute atomic E-state index is 14.6. The van der Waals surface area contributed by atoms with Gasteiger partial charge in [0.25, 0.3) is 0 Å². The Morgan fingerprint density at radius 2 is 1.83 bits per heavy atom. The molecule has 10 heteroatoms. The van der Waals surface area contributed by atoms with Crippen molar-refractivity contribution in [3.63, 3.8) is 0 Å². The highest BCUT2D eigenvalue weighted by Gasteiger charge is 2.80. The highest BCUT2D eigenvalue weighted by Crippen LogP contribution is 2.66. The van der Waals surface area contributed by atoms with Crippen molar-refractivity contribution in [1.29, 1.82) is 0 Å². The van der Waals surface area contributed by atoms with Crippen LogP contribution < -0.4 is 5.63 Å². The van der Waals surface area contributed by atoms with Gasteiger partial charge in [-0.1, -0.05) is 19.8 Å². The lowest BCUT2D eigenvalue weighted by Crippen LogP contribution is -2.66. The van der Waals surface area contributed by atoms with E-state index in [-0.39, 0.29) is 58.8 Å². The molecule has 2 saturated heterocycles. The summed E-state index contributed by atoms with van der Waals surface area (Å²) in [6.07, 6.45) is 3.54. The Hall–Kier alpha value is -3.21. The smallest absolute Gasteiger partial charge is 0.347 e. The zero-order valence-corrected chi connectivity index (χ0v) is 24.2. The van der Waals surface area contributed by atoms with Crippen molar-refractivity contribution in [3.05, 3.63) is 44.7 Å². The molecule has 5 aliphatic rings. The van der Waals surface area contributed by atoms with Gasteiger partial charge >= 0.3 is 5.63 Å². The van der Waals surface area contributed by atoms with Crippen LogP contribution in [-0.4, -0.2) is 63.0 Å². The third-order valence-electron chi connectivity index (χ3n) is 10.7. The van der Waals surface area contributed by atoms with Gasteiger partial charge < -0.3 is 33.9 Å². The number of carbonyl (C=O) groups excluding carboxylic acids is 2. The number of aromatic hydroxyl groups is 2. The van der Waals surface area contributed by atoms with Crippen molar-refractivity contribution in [2.75, 3.05) is 0 Å². The molecule has 1 saturated carbocycles. The van der Waals surface area contributed by atoms with Gasteiger partial charge in [-0.2, -0.15) is 0 Å². The third-order valence-corrected chi connectivity index (χ3v) is 10.7. The van der Waals surface area contributed by atoms with Crippen LogP contribution in [0.3, 0.4) is 0 Å². The van der Waals surface area contributed by atoms with E-state index in [9.17, 15) is 29.7 Å². The standard InChI is InChI=1S/C32H36O10/c1-5-6-7-8-19-17-9-15-20(40-29(38)23-22(15)16(12-33)24(35)14(2)25(23)36)10-31(17)18(13-39-19)27-32(28(42-32)26(31)37)11-21(34)30(3,4)41-27/h12-13,17,19,21,27-28,34-36H,5-11H2,1-4H3. The summed E-state index contributed by atoms with van der Waals surface area (Å²) in [6.45, 7) is 7.15. The summed E-state index contributed by atoms with van der Waals surface area (Å²) in [4.78, 5) is 40.2. The van der Waals surface area contributed by atoms with Crippen LogP contribution in [0.5, 0.6) is 11.5 Å². The van der Waals surface area contributed by atoms with Crippen LogP contribution in [-0.2, 0) is 31.8 Å². The van der Waals surface area contributed by atoms with Gasteiger partial charge in [0.2, 0.25) is 0 Å². The Bertz CT molecular complexity index is 1630. The second-order valence-electron chi connectivity index (χ2n) is 13.2. The largest absolute Gasteiger partial charge is 0.507 e. The fourth-order valence-corrected chi connectivity index (χ4v) is 8.21. The number of carbonyl (C=O) groups is 2. The molecule has 0 bridgehead atoms. The molecule has 3 aliphatic heterocycles. The van der Waals surface area contributed by atoms with Crippen LogP contribution in [0.1, 0.15) is 80.1 Å². The van der Waals surface area contributed by atoms with Gasteiger partial charge in [-0.3, -0.25) is 9.59 Å². The predicted molar refractivity (Wildman–Crippen MR) is 149 cm³/mol. The molecule has 2 aliphatic carbocycles. The second-order valence-corrected chi connectivity index (χ2v) is 13.2. The molecule has 7 atom stereocenters. The average molecular weight is 581 g/mol. The lowest BCUT2D eigenvalue weighted by Gasteiger charge is -2.56. The molecule has 7 unspecified atom stereocenters. The van der Waals surface area contributed by atoms with E-state index in [1.807, 2.05) is 13.8 Å². The third kappa shape index (κ3) is 3.34. The lowest BCUT2D eigenvalue weighted by molar-refractivity contribution is -0.200. The number of Topliss-reactive ketones (excluding diaryl/α,β-unsaturated/α-hetero) is 1. The molecule has 7 rings (SSSR count). The first-order valence-corrected chi connectivity index (χ1v) is 14.8. The van der Waals surface area contributed by atoms with Crippen LogP contribution >= 0.6 is 0 Å². The molecule has 42 heavy (non-hydrogen) atoms. The van der Waals surface area contributed by atoms with Crippen molar-refractivity contribution >= 4 is 22.8 Å². The molecule has 3 N–H and O–H groups in total. The van der Waals surface area contributed by atoms with E-state index < -0.39 is 58.0 Å². The summed E-state index contributed by atoms with van der Waals surface area (Å²) in [5.41, 5.74) is -2.85. The predicted octanol–water partition coefficient (Wildman–Crippen LogP) is 3.54. The van der Waals surface area contributed by atoms with Crippen molar-refractivity contribution in [1.82, 2.24) is 0 Å². The average Bonchev–Trinajstić information content (AvgIpc) is 3.67. The Morgan fingerprint density at radius 3 is 2.55 bits per heavy atom. The van der Waals surface area contributed by atoms with E-state index in [0.29, 0.717) is 23.8 Å². The van der Waals surface area contributed by atoms with E-state index in [0.717, 1.165) is 19.3 Å². The number of aliphatic hydroxyl groups excluding tert-OH is 1. The van der Waals surface area contributed by atoms with Crippen LogP contribution in [0.25, 0.3) is 10.8 Å². The summed E-state index contributed by atoms with van der Waals surface area (Å²) in [5, 5.41) is 32.5. The fourth-order valence-electron chi connectivity index (χ4n) is 8.21. The first-order chi connectivity index (χ1) is 19.9. The second kappa shape index (κ2) is 8.90. The molecule has 2 aromatic rings. The van der Waals surface area contributed by atoms with Crippen LogP contribution in [0.15, 0.2) is 21.0 Å². The van der Waals surface area contributed by atoms with Crippen LogP contribution in [0.4, 0.5) is 0 Å². The first kappa shape index (κ1) is 27.6. The van der Waals surface area contributed by atoms with E-state index in [2.05, 4.69) is 6.92 Å². The van der Waals surface area contributed by atoms with Crippen molar-refractivity contribution in [2.24, 2.45) is 11.3 Å². The SMILES string of the molecule is CCCCCC1OC=C2C3OC(C)(C)C(O)CC34OC4C(=O)C23Cc2oc(=O)c4c(O)c(C)c(O)c(C=O)c4c2CC13. The van der Waals surface area contributed by atoms with Gasteiger partial charge in [0.05, 0.1) is 28.9 Å². The molecular formula is C32H36O10. The molecule has 4 heterocycles. The number of ether oxygens (including phenoxy) is 3. The molecule has 2 spiro atoms. The summed E-state index contributed by atoms with van der Waals surface area (Å²) < 4.78 is 24.9. The number of ketones is 1. The van der Waals surface area contributed by atoms with Crippen molar-refractivity contribution in [2.45, 2.75) is 108 Å². The van der Waals surface area contributed by atoms with E-state index in [1.54, 1.807) is 6.26 Å². The van der Waals surface area contributed by atoms with Gasteiger partial charge in [-0.15, -0.1) is 0 Å². The Kier molecular flexibility index (Phi) is 5.85. The number of hydrogen-bond acceptors (Lipinski definition) is 10. The number of phenolic OH excluding ortho intramolecular Hbond substituents is 2. The van der Waals surface area contributed by atoms with E-state index >= 15 is 0 Å². The molecule has 1 aromatic carbocycles. The van der Waals surface area contributed by atoms with Gasteiger partial charge in [0.1, 0.15) is 46.6 Å². The summed E-state index contributed by atoms with van der Waals surface area (Å²) in [5.74, 6) is -1.18. The number of epoxide rings is 1. The monoisotopic (exact) mass is 580 g/mol. The van der Waals surface area contributed by atoms with Crippen LogP contribution in [0.2, 0.25) is 0 Å². The van der Waals surface area contributed by atoms with Gasteiger partial charge in [-0.25, -0.2) is 4.79 Å². The summed E-state index contributed by atoms with van der Waals surface area (Å²) in [7, 11) is 0. The topological polar surface area (TPSA) is 156 Å². The highest BCUT2D eigenvalue weighted by atomic mass is 16.7. The molecule has 0 amide bonds. The zero-order valence-electron chi connectivity index (χ0n) is 24.2. The minimum Gasteiger partial charge on any atom is -0.507 e. The number of fused-ring (bicyclic) bond motifs is 4. The summed E-state index contributed by atoms with van der Waals surface area (Å²) >= 11 is 0. The van der Waals surface area contributed by atoms with Gasteiger partial charge in [-0.05, 0) is 40.0 Å². The minimum atomic E-state index is -1.16. The number of rotatable bonds is 5. The van der Waals surface area contributed by atoms with Crippen LogP contribution in [0, 0.1) is 18.3 Å². The number of hydrogen-bond donors (Lipinski definition) is 3. The zero-order chi connectivity index (χ0) is 29.9. The Labute approximate surface area is 242 Å². The number of unbranched alkanes of at least 4 members (excludes halogenated alkanes) is 2. The molecule has 224 valence electrons. The van der Waals surface area contributed by atoms with E-state index in [1.165, 1.54) is 6.92 Å². The van der Waals surface area contributed by atoms with Crippen molar-refractivity contribution < 1.29 is 43.5 Å². The molecule has 3 fully saturated rings. The first-order valence-electron chi connectivity index (χ1n) is 14.8. The number of phenols is 2. The Balaban J connectivity index is 1.45. The molecule has 10 nitrogen and oxygen atoms in total. The fraction of sp³-hybridized carbons (Fsp3) is 0.594. The highest BCUT2D eigenvalue weighted by molar-refractivity contribution is 6.06. The van der Waals surface area contributed by atoms with Crippen molar-refractivity contribution in [3.8, 4) is 11.5 Å². The molecular weight excluding hydrogens is 544 g/mol. The summed E-state index contributed by atoms with van der Waals surface area (Å²) in [6, 6.07) is 0. The quantitative estimate of drug-likeness (QED) is 0.272. The number of benzene rings is 1.